The van der Waals surface area contributed by atoms with Gasteiger partial charge in [-0.05, 0) is 42.6 Å². The second kappa shape index (κ2) is 2.52. The highest BCUT2D eigenvalue weighted by Crippen LogP contribution is 2.52. The van der Waals surface area contributed by atoms with E-state index in [2.05, 4.69) is 9.36 Å². The van der Waals surface area contributed by atoms with Crippen molar-refractivity contribution in [2.45, 2.75) is 31.6 Å². The number of fused-ring (bicyclic) bond motifs is 2. The Balaban J connectivity index is 1.87. The minimum Gasteiger partial charge on any atom is -0.228 e. The molecule has 3 atom stereocenters. The standard InChI is InChI=1S/C9H12N2S/c1-2-7-3-6(1)4-8(7)9-10-5-11-12-9/h5-8H,1-4H2. The Morgan fingerprint density at radius 2 is 2.33 bits per heavy atom. The molecular weight excluding hydrogens is 168 g/mol. The van der Waals surface area contributed by atoms with Gasteiger partial charge in [0.1, 0.15) is 11.3 Å². The summed E-state index contributed by atoms with van der Waals surface area (Å²) >= 11 is 1.60. The number of nitrogens with zero attached hydrogens (tertiary/aromatic N) is 2. The Hall–Kier alpha value is -0.440. The second-order valence-electron chi connectivity index (χ2n) is 4.06. The first-order valence-corrected chi connectivity index (χ1v) is 5.47. The Morgan fingerprint density at radius 1 is 1.33 bits per heavy atom. The summed E-state index contributed by atoms with van der Waals surface area (Å²) in [5.41, 5.74) is 0. The normalized spacial score (nSPS) is 39.2. The lowest BCUT2D eigenvalue weighted by molar-refractivity contribution is 0.419. The molecule has 0 radical (unpaired) electrons. The van der Waals surface area contributed by atoms with Crippen LogP contribution in [0.25, 0.3) is 0 Å². The summed E-state index contributed by atoms with van der Waals surface area (Å²) in [6, 6.07) is 0. The third kappa shape index (κ3) is 0.922. The molecule has 3 heteroatoms. The van der Waals surface area contributed by atoms with Crippen LogP contribution in [0.1, 0.15) is 36.6 Å². The Morgan fingerprint density at radius 3 is 2.92 bits per heavy atom. The lowest BCUT2D eigenvalue weighted by atomic mass is 9.89. The maximum Gasteiger partial charge on any atom is 0.129 e. The van der Waals surface area contributed by atoms with Gasteiger partial charge in [-0.3, -0.25) is 0 Å². The zero-order chi connectivity index (χ0) is 7.97. The largest absolute Gasteiger partial charge is 0.228 e. The molecule has 0 aromatic carbocycles. The minimum atomic E-state index is 0.774. The molecule has 2 aliphatic rings. The average molecular weight is 180 g/mol. The molecule has 12 heavy (non-hydrogen) atoms. The van der Waals surface area contributed by atoms with Gasteiger partial charge in [-0.15, -0.1) is 0 Å². The van der Waals surface area contributed by atoms with Crippen molar-refractivity contribution in [1.29, 1.82) is 0 Å². The zero-order valence-electron chi connectivity index (χ0n) is 6.94. The molecule has 0 amide bonds. The molecule has 0 aliphatic heterocycles. The fraction of sp³-hybridized carbons (Fsp3) is 0.778. The van der Waals surface area contributed by atoms with Gasteiger partial charge < -0.3 is 0 Å². The lowest BCUT2D eigenvalue weighted by Crippen LogP contribution is -2.07. The van der Waals surface area contributed by atoms with Gasteiger partial charge in [0, 0.05) is 5.92 Å². The smallest absolute Gasteiger partial charge is 0.129 e. The summed E-state index contributed by atoms with van der Waals surface area (Å²) in [6.07, 6.45) is 7.46. The van der Waals surface area contributed by atoms with Crippen molar-refractivity contribution in [3.05, 3.63) is 11.3 Å². The quantitative estimate of drug-likeness (QED) is 0.663. The van der Waals surface area contributed by atoms with Crippen molar-refractivity contribution < 1.29 is 0 Å². The van der Waals surface area contributed by atoms with Gasteiger partial charge in [0.05, 0.1) is 0 Å². The van der Waals surface area contributed by atoms with Gasteiger partial charge in [-0.1, -0.05) is 6.42 Å². The first-order valence-electron chi connectivity index (χ1n) is 4.70. The molecule has 1 aromatic heterocycles. The Kier molecular flexibility index (Phi) is 1.47. The predicted molar refractivity (Wildman–Crippen MR) is 48.1 cm³/mol. The summed E-state index contributed by atoms with van der Waals surface area (Å²) in [5.74, 6) is 2.74. The van der Waals surface area contributed by atoms with Crippen molar-refractivity contribution in [1.82, 2.24) is 9.36 Å². The molecule has 3 unspecified atom stereocenters. The monoisotopic (exact) mass is 180 g/mol. The van der Waals surface area contributed by atoms with E-state index in [0.717, 1.165) is 17.8 Å². The molecule has 2 saturated carbocycles. The van der Waals surface area contributed by atoms with E-state index >= 15 is 0 Å². The summed E-state index contributed by atoms with van der Waals surface area (Å²) in [4.78, 5) is 4.32. The molecule has 2 nitrogen and oxygen atoms in total. The van der Waals surface area contributed by atoms with Crippen molar-refractivity contribution in [2.24, 2.45) is 11.8 Å². The predicted octanol–water partition coefficient (Wildman–Crippen LogP) is 2.44. The molecule has 0 spiro atoms. The third-order valence-corrected chi connectivity index (χ3v) is 4.23. The average Bonchev–Trinajstić information content (AvgIpc) is 2.81. The molecule has 2 fully saturated rings. The fourth-order valence-corrected chi connectivity index (χ4v) is 3.61. The van der Waals surface area contributed by atoms with Crippen LogP contribution < -0.4 is 0 Å². The zero-order valence-corrected chi connectivity index (χ0v) is 7.76. The fourth-order valence-electron chi connectivity index (χ4n) is 2.89. The summed E-state index contributed by atoms with van der Waals surface area (Å²) in [5, 5.41) is 1.29. The third-order valence-electron chi connectivity index (χ3n) is 3.43. The van der Waals surface area contributed by atoms with E-state index in [1.165, 1.54) is 30.7 Å². The van der Waals surface area contributed by atoms with Gasteiger partial charge in [0.15, 0.2) is 0 Å². The highest BCUT2D eigenvalue weighted by atomic mass is 32.1. The molecule has 2 aliphatic carbocycles. The number of aromatic nitrogens is 2. The van der Waals surface area contributed by atoms with Crippen LogP contribution in [0, 0.1) is 11.8 Å². The van der Waals surface area contributed by atoms with E-state index in [1.54, 1.807) is 17.9 Å². The van der Waals surface area contributed by atoms with E-state index < -0.39 is 0 Å². The van der Waals surface area contributed by atoms with Crippen LogP contribution in [-0.2, 0) is 0 Å². The number of hydrogen-bond acceptors (Lipinski definition) is 3. The second-order valence-corrected chi connectivity index (χ2v) is 4.87. The van der Waals surface area contributed by atoms with Crippen LogP contribution in [0.3, 0.4) is 0 Å². The van der Waals surface area contributed by atoms with E-state index in [-0.39, 0.29) is 0 Å². The maximum atomic E-state index is 4.32. The van der Waals surface area contributed by atoms with Crippen LogP contribution in [0.15, 0.2) is 6.33 Å². The Labute approximate surface area is 76.2 Å². The van der Waals surface area contributed by atoms with Crippen molar-refractivity contribution in [3.8, 4) is 0 Å². The molecule has 3 rings (SSSR count). The van der Waals surface area contributed by atoms with Gasteiger partial charge in [-0.2, -0.15) is 4.37 Å². The van der Waals surface area contributed by atoms with Crippen molar-refractivity contribution in [2.75, 3.05) is 0 Å². The summed E-state index contributed by atoms with van der Waals surface area (Å²) in [6.45, 7) is 0. The van der Waals surface area contributed by atoms with Gasteiger partial charge in [0.25, 0.3) is 0 Å². The topological polar surface area (TPSA) is 25.8 Å². The van der Waals surface area contributed by atoms with Crippen LogP contribution in [0.2, 0.25) is 0 Å². The molecule has 0 saturated heterocycles. The number of rotatable bonds is 1. The van der Waals surface area contributed by atoms with Gasteiger partial charge in [-0.25, -0.2) is 4.98 Å². The van der Waals surface area contributed by atoms with E-state index in [9.17, 15) is 0 Å². The maximum absolute atomic E-state index is 4.32. The lowest BCUT2D eigenvalue weighted by Gasteiger charge is -2.18. The highest BCUT2D eigenvalue weighted by molar-refractivity contribution is 7.05. The van der Waals surface area contributed by atoms with Crippen LogP contribution in [0.5, 0.6) is 0 Å². The van der Waals surface area contributed by atoms with Gasteiger partial charge >= 0.3 is 0 Å². The van der Waals surface area contributed by atoms with Crippen LogP contribution >= 0.6 is 11.5 Å². The molecular formula is C9H12N2S. The molecule has 0 N–H and O–H groups in total. The summed E-state index contributed by atoms with van der Waals surface area (Å²) in [7, 11) is 0. The van der Waals surface area contributed by atoms with E-state index in [4.69, 9.17) is 0 Å². The molecule has 1 heterocycles. The minimum absolute atomic E-state index is 0.774. The van der Waals surface area contributed by atoms with E-state index in [1.807, 2.05) is 0 Å². The number of hydrogen-bond donors (Lipinski definition) is 0. The SMILES string of the molecule is c1nsc(C2CC3CCC2C3)n1. The summed E-state index contributed by atoms with van der Waals surface area (Å²) < 4.78 is 4.08. The first-order chi connectivity index (χ1) is 5.93. The first kappa shape index (κ1) is 7.01. The molecule has 2 bridgehead atoms. The van der Waals surface area contributed by atoms with Gasteiger partial charge in [0.2, 0.25) is 0 Å². The highest BCUT2D eigenvalue weighted by Gasteiger charge is 2.41. The van der Waals surface area contributed by atoms with Crippen LogP contribution in [0.4, 0.5) is 0 Å². The molecule has 1 aromatic rings. The van der Waals surface area contributed by atoms with Crippen molar-refractivity contribution in [3.63, 3.8) is 0 Å². The van der Waals surface area contributed by atoms with Crippen molar-refractivity contribution >= 4 is 11.5 Å². The van der Waals surface area contributed by atoms with Crippen LogP contribution in [-0.4, -0.2) is 9.36 Å². The molecule has 64 valence electrons. The van der Waals surface area contributed by atoms with E-state index in [0.29, 0.717) is 0 Å². The Bertz CT molecular complexity index is 270.